The van der Waals surface area contributed by atoms with Crippen molar-refractivity contribution in [2.24, 2.45) is 0 Å². The molecule has 0 aliphatic heterocycles. The van der Waals surface area contributed by atoms with Crippen molar-refractivity contribution in [3.63, 3.8) is 0 Å². The Morgan fingerprint density at radius 2 is 1.79 bits per heavy atom. The van der Waals surface area contributed by atoms with Crippen LogP contribution in [0.25, 0.3) is 0 Å². The summed E-state index contributed by atoms with van der Waals surface area (Å²) in [4.78, 5) is 23.2. The molecule has 6 heteroatoms. The van der Waals surface area contributed by atoms with E-state index in [2.05, 4.69) is 36.4 Å². The van der Waals surface area contributed by atoms with Crippen LogP contribution in [0.4, 0.5) is 0 Å². The maximum atomic E-state index is 11.9. The Morgan fingerprint density at radius 1 is 1.18 bits per heavy atom. The zero-order valence-corrected chi connectivity index (χ0v) is 19.4. The second-order valence-electron chi connectivity index (χ2n) is 9.07. The first-order valence-corrected chi connectivity index (χ1v) is 13.0. The largest absolute Gasteiger partial charge is 0.481 e. The molecule has 28 heavy (non-hydrogen) atoms. The van der Waals surface area contributed by atoms with Crippen LogP contribution < -0.4 is 5.32 Å². The van der Waals surface area contributed by atoms with Gasteiger partial charge in [-0.1, -0.05) is 25.6 Å². The summed E-state index contributed by atoms with van der Waals surface area (Å²) < 4.78 is 5.30. The van der Waals surface area contributed by atoms with Crippen LogP contribution in [0, 0.1) is 25.3 Å². The highest BCUT2D eigenvalue weighted by atomic mass is 28.3. The average molecular weight is 404 g/mol. The predicted octanol–water partition coefficient (Wildman–Crippen LogP) is 3.59. The number of hydrogen-bond acceptors (Lipinski definition) is 4. The molecule has 0 amide bonds. The van der Waals surface area contributed by atoms with E-state index in [0.29, 0.717) is 6.54 Å². The summed E-state index contributed by atoms with van der Waals surface area (Å²) in [5.41, 5.74) is 7.28. The summed E-state index contributed by atoms with van der Waals surface area (Å²) in [6, 6.07) is 2.01. The average Bonchev–Trinajstić information content (AvgIpc) is 2.49. The van der Waals surface area contributed by atoms with Crippen LogP contribution >= 0.6 is 0 Å². The van der Waals surface area contributed by atoms with E-state index in [0.717, 1.165) is 27.8 Å². The number of carbonyl (C=O) groups is 2. The Morgan fingerprint density at radius 3 is 2.29 bits per heavy atom. The monoisotopic (exact) mass is 403 g/mol. The molecule has 0 fully saturated rings. The second-order valence-corrected chi connectivity index (χ2v) is 13.8. The minimum Gasteiger partial charge on any atom is -0.481 e. The standard InChI is InChI=1S/C22H33NO4Si/c1-15-17(9-10-28(6,7)8)11-18(16(2)19(15)12-20(24)25)13-23-14-21(26)27-22(3,4)5/h11,23H,12-14H2,1-8H3,(H,24,25). The van der Waals surface area contributed by atoms with Crippen molar-refractivity contribution in [3.8, 4) is 11.5 Å². The number of carboxylic acid groups (broad SMARTS) is 1. The summed E-state index contributed by atoms with van der Waals surface area (Å²) in [5, 5.41) is 12.4. The minimum atomic E-state index is -1.56. The van der Waals surface area contributed by atoms with E-state index in [1.54, 1.807) is 0 Å². The number of nitrogens with one attached hydrogen (secondary N) is 1. The fourth-order valence-electron chi connectivity index (χ4n) is 2.69. The van der Waals surface area contributed by atoms with Gasteiger partial charge in [-0.05, 0) is 62.9 Å². The van der Waals surface area contributed by atoms with Crippen LogP contribution in [0.5, 0.6) is 0 Å². The van der Waals surface area contributed by atoms with Crippen LogP contribution in [-0.4, -0.2) is 37.3 Å². The molecule has 154 valence electrons. The van der Waals surface area contributed by atoms with Gasteiger partial charge in [-0.25, -0.2) is 0 Å². The molecule has 0 bridgehead atoms. The topological polar surface area (TPSA) is 75.6 Å². The molecule has 1 aromatic rings. The molecule has 0 spiro atoms. The molecule has 0 saturated heterocycles. The molecule has 0 saturated carbocycles. The lowest BCUT2D eigenvalue weighted by atomic mass is 9.91. The van der Waals surface area contributed by atoms with E-state index in [4.69, 9.17) is 4.74 Å². The SMILES string of the molecule is Cc1c(C#C[Si](C)(C)C)cc(CNCC(=O)OC(C)(C)C)c(C)c1CC(=O)O. The van der Waals surface area contributed by atoms with Gasteiger partial charge in [0.2, 0.25) is 0 Å². The highest BCUT2D eigenvalue weighted by Gasteiger charge is 2.17. The van der Waals surface area contributed by atoms with Crippen LogP contribution in [0.3, 0.4) is 0 Å². The molecule has 0 aliphatic rings. The third-order valence-corrected chi connectivity index (χ3v) is 4.89. The van der Waals surface area contributed by atoms with E-state index in [-0.39, 0.29) is 18.9 Å². The molecular weight excluding hydrogens is 370 g/mol. The fourth-order valence-corrected chi connectivity index (χ4v) is 3.20. The minimum absolute atomic E-state index is 0.0425. The van der Waals surface area contributed by atoms with Crippen LogP contribution in [0.2, 0.25) is 19.6 Å². The van der Waals surface area contributed by atoms with Crippen LogP contribution in [-0.2, 0) is 27.3 Å². The first kappa shape index (κ1) is 23.9. The van der Waals surface area contributed by atoms with Gasteiger partial charge in [0.15, 0.2) is 0 Å². The zero-order valence-electron chi connectivity index (χ0n) is 18.4. The van der Waals surface area contributed by atoms with Crippen molar-refractivity contribution in [2.75, 3.05) is 6.54 Å². The number of ether oxygens (including phenoxy) is 1. The van der Waals surface area contributed by atoms with Gasteiger partial charge in [-0.15, -0.1) is 5.54 Å². The molecule has 0 atom stereocenters. The first-order valence-electron chi connectivity index (χ1n) is 9.49. The molecule has 0 unspecified atom stereocenters. The van der Waals surface area contributed by atoms with E-state index in [1.165, 1.54) is 0 Å². The van der Waals surface area contributed by atoms with Crippen molar-refractivity contribution in [1.29, 1.82) is 0 Å². The normalized spacial score (nSPS) is 11.6. The second kappa shape index (κ2) is 9.40. The Bertz CT molecular complexity index is 805. The van der Waals surface area contributed by atoms with Gasteiger partial charge in [-0.2, -0.15) is 0 Å². The summed E-state index contributed by atoms with van der Waals surface area (Å²) >= 11 is 0. The van der Waals surface area contributed by atoms with Gasteiger partial charge >= 0.3 is 11.9 Å². The third kappa shape index (κ3) is 8.28. The first-order chi connectivity index (χ1) is 12.7. The molecule has 5 nitrogen and oxygen atoms in total. The van der Waals surface area contributed by atoms with Crippen molar-refractivity contribution in [1.82, 2.24) is 5.32 Å². The summed E-state index contributed by atoms with van der Waals surface area (Å²) in [6.07, 6.45) is -0.0425. The quantitative estimate of drug-likeness (QED) is 0.431. The van der Waals surface area contributed by atoms with Crippen LogP contribution in [0.1, 0.15) is 48.6 Å². The Kier molecular flexibility index (Phi) is 8.03. The number of rotatable bonds is 6. The van der Waals surface area contributed by atoms with Crippen LogP contribution in [0.15, 0.2) is 6.07 Å². The van der Waals surface area contributed by atoms with Gasteiger partial charge in [0.05, 0.1) is 13.0 Å². The van der Waals surface area contributed by atoms with E-state index >= 15 is 0 Å². The van der Waals surface area contributed by atoms with Gasteiger partial charge in [0, 0.05) is 12.1 Å². The number of esters is 1. The van der Waals surface area contributed by atoms with Gasteiger partial charge < -0.3 is 15.2 Å². The smallest absolute Gasteiger partial charge is 0.320 e. The zero-order chi connectivity index (χ0) is 21.7. The van der Waals surface area contributed by atoms with Crippen molar-refractivity contribution in [3.05, 3.63) is 33.9 Å². The Hall–Kier alpha value is -2.10. The molecule has 0 heterocycles. The van der Waals surface area contributed by atoms with Gasteiger partial charge in [0.1, 0.15) is 13.7 Å². The number of aliphatic carboxylic acids is 1. The third-order valence-electron chi connectivity index (χ3n) is 4.01. The molecule has 0 aliphatic carbocycles. The lowest BCUT2D eigenvalue weighted by Gasteiger charge is -2.20. The molecule has 1 aromatic carbocycles. The predicted molar refractivity (Wildman–Crippen MR) is 115 cm³/mol. The van der Waals surface area contributed by atoms with Gasteiger partial charge in [-0.3, -0.25) is 9.59 Å². The number of hydrogen-bond donors (Lipinski definition) is 2. The molecule has 0 aromatic heterocycles. The number of carboxylic acids is 1. The van der Waals surface area contributed by atoms with E-state index in [9.17, 15) is 14.7 Å². The highest BCUT2D eigenvalue weighted by molar-refractivity contribution is 6.83. The molecule has 2 N–H and O–H groups in total. The Labute approximate surface area is 169 Å². The maximum absolute atomic E-state index is 11.9. The van der Waals surface area contributed by atoms with Gasteiger partial charge in [0.25, 0.3) is 0 Å². The van der Waals surface area contributed by atoms with Crippen molar-refractivity contribution < 1.29 is 19.4 Å². The van der Waals surface area contributed by atoms with E-state index in [1.807, 2.05) is 40.7 Å². The summed E-state index contributed by atoms with van der Waals surface area (Å²) in [7, 11) is -1.56. The molecule has 0 radical (unpaired) electrons. The lowest BCUT2D eigenvalue weighted by molar-refractivity contribution is -0.153. The maximum Gasteiger partial charge on any atom is 0.320 e. The molecule has 1 rings (SSSR count). The Balaban J connectivity index is 3.14. The van der Waals surface area contributed by atoms with Crippen molar-refractivity contribution >= 4 is 20.0 Å². The highest BCUT2D eigenvalue weighted by Crippen LogP contribution is 2.23. The number of carbonyl (C=O) groups excluding carboxylic acids is 1. The summed E-state index contributed by atoms with van der Waals surface area (Å²) in [5.74, 6) is 2.08. The molecular formula is C22H33NO4Si. The lowest BCUT2D eigenvalue weighted by Crippen LogP contribution is -2.31. The van der Waals surface area contributed by atoms with Crippen molar-refractivity contribution in [2.45, 2.75) is 72.8 Å². The van der Waals surface area contributed by atoms with E-state index < -0.39 is 19.6 Å². The summed E-state index contributed by atoms with van der Waals surface area (Å²) in [6.45, 7) is 16.4. The number of benzene rings is 1. The fraction of sp³-hybridized carbons (Fsp3) is 0.545.